The van der Waals surface area contributed by atoms with Gasteiger partial charge in [-0.2, -0.15) is 0 Å². The minimum Gasteiger partial charge on any atom is -0.476 e. The number of nitrogens with two attached hydrogens (primary N) is 1. The van der Waals surface area contributed by atoms with Crippen LogP contribution in [0.1, 0.15) is 10.5 Å². The number of carboxylic acid groups (broad SMARTS) is 1. The molecule has 0 unspecified atom stereocenters. The van der Waals surface area contributed by atoms with E-state index >= 15 is 0 Å². The van der Waals surface area contributed by atoms with E-state index in [-0.39, 0.29) is 5.69 Å². The normalized spacial score (nSPS) is 10.3. The molecule has 0 aromatic carbocycles. The van der Waals surface area contributed by atoms with E-state index in [1.165, 1.54) is 28.1 Å². The molecule has 0 radical (unpaired) electrons. The summed E-state index contributed by atoms with van der Waals surface area (Å²) in [6, 6.07) is 0. The van der Waals surface area contributed by atoms with E-state index in [9.17, 15) is 4.79 Å². The van der Waals surface area contributed by atoms with Crippen LogP contribution in [0.15, 0.2) is 10.8 Å². The Labute approximate surface area is 86.9 Å². The first kappa shape index (κ1) is 9.10. The van der Waals surface area contributed by atoms with Crippen LogP contribution < -0.4 is 5.73 Å². The summed E-state index contributed by atoms with van der Waals surface area (Å²) in [5, 5.41) is 12.9. The van der Waals surface area contributed by atoms with Crippen molar-refractivity contribution in [2.75, 3.05) is 5.73 Å². The largest absolute Gasteiger partial charge is 0.476 e. The third-order valence-electron chi connectivity index (χ3n) is 1.46. The summed E-state index contributed by atoms with van der Waals surface area (Å²) in [5.74, 6) is -1.03. The average molecular weight is 227 g/mol. The zero-order chi connectivity index (χ0) is 10.1. The number of carbonyl (C=O) groups is 1. The lowest BCUT2D eigenvalue weighted by Crippen LogP contribution is -1.95. The van der Waals surface area contributed by atoms with E-state index in [4.69, 9.17) is 10.8 Å². The third kappa shape index (κ3) is 1.59. The summed E-state index contributed by atoms with van der Waals surface area (Å²) < 4.78 is 0. The maximum Gasteiger partial charge on any atom is 0.355 e. The van der Waals surface area contributed by atoms with Gasteiger partial charge in [0.15, 0.2) is 10.8 Å². The number of nitrogen functional groups attached to an aromatic ring is 1. The van der Waals surface area contributed by atoms with Gasteiger partial charge >= 0.3 is 5.97 Å². The molecule has 0 aliphatic rings. The topological polar surface area (TPSA) is 89.1 Å². The fraction of sp³-hybridized carbons (Fsp3) is 0. The van der Waals surface area contributed by atoms with Crippen LogP contribution in [0.5, 0.6) is 0 Å². The molecule has 2 rings (SSSR count). The van der Waals surface area contributed by atoms with Crippen molar-refractivity contribution in [3.8, 4) is 10.7 Å². The summed E-state index contributed by atoms with van der Waals surface area (Å²) in [7, 11) is 0. The van der Waals surface area contributed by atoms with Gasteiger partial charge in [-0.25, -0.2) is 14.8 Å². The van der Waals surface area contributed by atoms with Crippen LogP contribution in [-0.2, 0) is 0 Å². The van der Waals surface area contributed by atoms with Crippen molar-refractivity contribution in [1.29, 1.82) is 0 Å². The quantitative estimate of drug-likeness (QED) is 0.812. The zero-order valence-electron chi connectivity index (χ0n) is 6.80. The fourth-order valence-corrected chi connectivity index (χ4v) is 2.25. The van der Waals surface area contributed by atoms with E-state index < -0.39 is 5.97 Å². The molecule has 0 atom stereocenters. The Morgan fingerprint density at radius 1 is 1.36 bits per heavy atom. The van der Waals surface area contributed by atoms with E-state index in [2.05, 4.69) is 9.97 Å². The highest BCUT2D eigenvalue weighted by Gasteiger charge is 2.11. The van der Waals surface area contributed by atoms with Crippen LogP contribution in [0, 0.1) is 0 Å². The smallest absolute Gasteiger partial charge is 0.355 e. The molecule has 7 heteroatoms. The SMILES string of the molecule is Nc1nc(-c2nc(C(=O)O)cs2)cs1. The van der Waals surface area contributed by atoms with Crippen molar-refractivity contribution in [3.05, 3.63) is 16.5 Å². The number of aromatic carboxylic acids is 1. The van der Waals surface area contributed by atoms with E-state index in [0.717, 1.165) is 0 Å². The molecular formula is C7H5N3O2S2. The number of nitrogens with zero attached hydrogens (tertiary/aromatic N) is 2. The molecule has 0 spiro atoms. The third-order valence-corrected chi connectivity index (χ3v) is 3.00. The van der Waals surface area contributed by atoms with Gasteiger partial charge in [0.1, 0.15) is 10.7 Å². The van der Waals surface area contributed by atoms with Crippen molar-refractivity contribution < 1.29 is 9.90 Å². The predicted octanol–water partition coefficient (Wildman–Crippen LogP) is 1.55. The van der Waals surface area contributed by atoms with Gasteiger partial charge in [0.25, 0.3) is 0 Å². The lowest BCUT2D eigenvalue weighted by molar-refractivity contribution is 0.0691. The molecule has 5 nitrogen and oxygen atoms in total. The van der Waals surface area contributed by atoms with Crippen LogP contribution >= 0.6 is 22.7 Å². The number of anilines is 1. The van der Waals surface area contributed by atoms with Crippen LogP contribution in [0.3, 0.4) is 0 Å². The van der Waals surface area contributed by atoms with Gasteiger partial charge in [-0.1, -0.05) is 0 Å². The number of aromatic nitrogens is 2. The summed E-state index contributed by atoms with van der Waals surface area (Å²) >= 11 is 2.54. The Bertz CT molecular complexity index is 477. The average Bonchev–Trinajstić information content (AvgIpc) is 2.70. The first-order chi connectivity index (χ1) is 6.66. The zero-order valence-corrected chi connectivity index (χ0v) is 8.43. The van der Waals surface area contributed by atoms with Crippen molar-refractivity contribution in [2.45, 2.75) is 0 Å². The molecule has 2 aromatic heterocycles. The summed E-state index contributed by atoms with van der Waals surface area (Å²) in [5.41, 5.74) is 6.12. The second-order valence-corrected chi connectivity index (χ2v) is 4.16. The monoisotopic (exact) mass is 227 g/mol. The Kier molecular flexibility index (Phi) is 2.18. The lowest BCUT2D eigenvalue weighted by atomic mass is 10.5. The Hall–Kier alpha value is -1.47. The maximum atomic E-state index is 10.6. The van der Waals surface area contributed by atoms with Gasteiger partial charge in [-0.15, -0.1) is 22.7 Å². The first-order valence-corrected chi connectivity index (χ1v) is 5.33. The van der Waals surface area contributed by atoms with Crippen LogP contribution in [-0.4, -0.2) is 21.0 Å². The number of hydrogen-bond acceptors (Lipinski definition) is 6. The molecule has 0 saturated heterocycles. The molecule has 2 heterocycles. The highest BCUT2D eigenvalue weighted by molar-refractivity contribution is 7.15. The first-order valence-electron chi connectivity index (χ1n) is 3.57. The highest BCUT2D eigenvalue weighted by atomic mass is 32.1. The van der Waals surface area contributed by atoms with E-state index in [0.29, 0.717) is 15.8 Å². The van der Waals surface area contributed by atoms with Crippen molar-refractivity contribution >= 4 is 33.8 Å². The van der Waals surface area contributed by atoms with Crippen LogP contribution in [0.25, 0.3) is 10.7 Å². The number of thiazole rings is 2. The molecule has 72 valence electrons. The standard InChI is InChI=1S/C7H5N3O2S2/c8-7-10-3(1-14-7)5-9-4(2-13-5)6(11)12/h1-2H,(H2,8,10)(H,11,12). The van der Waals surface area contributed by atoms with Gasteiger partial charge in [0.05, 0.1) is 0 Å². The number of carboxylic acids is 1. The molecule has 2 aromatic rings. The van der Waals surface area contributed by atoms with Crippen molar-refractivity contribution in [3.63, 3.8) is 0 Å². The Balaban J connectivity index is 2.38. The van der Waals surface area contributed by atoms with Gasteiger partial charge < -0.3 is 10.8 Å². The van der Waals surface area contributed by atoms with Gasteiger partial charge in [0, 0.05) is 10.8 Å². The van der Waals surface area contributed by atoms with Crippen LogP contribution in [0.2, 0.25) is 0 Å². The minimum atomic E-state index is -1.03. The fourth-order valence-electron chi connectivity index (χ4n) is 0.875. The van der Waals surface area contributed by atoms with E-state index in [1.54, 1.807) is 5.38 Å². The number of rotatable bonds is 2. The van der Waals surface area contributed by atoms with Gasteiger partial charge in [-0.05, 0) is 0 Å². The molecule has 0 fully saturated rings. The number of hydrogen-bond donors (Lipinski definition) is 2. The van der Waals surface area contributed by atoms with E-state index in [1.807, 2.05) is 0 Å². The van der Waals surface area contributed by atoms with Crippen LogP contribution in [0.4, 0.5) is 5.13 Å². The molecular weight excluding hydrogens is 222 g/mol. The molecule has 0 saturated carbocycles. The molecule has 0 aliphatic carbocycles. The predicted molar refractivity (Wildman–Crippen MR) is 54.6 cm³/mol. The maximum absolute atomic E-state index is 10.6. The Morgan fingerprint density at radius 2 is 2.14 bits per heavy atom. The molecule has 0 amide bonds. The summed E-state index contributed by atoms with van der Waals surface area (Å²) in [6.07, 6.45) is 0. The molecule has 3 N–H and O–H groups in total. The van der Waals surface area contributed by atoms with Crippen molar-refractivity contribution in [1.82, 2.24) is 9.97 Å². The highest BCUT2D eigenvalue weighted by Crippen LogP contribution is 2.25. The molecule has 0 aliphatic heterocycles. The minimum absolute atomic E-state index is 0.0385. The molecule has 14 heavy (non-hydrogen) atoms. The van der Waals surface area contributed by atoms with Crippen molar-refractivity contribution in [2.24, 2.45) is 0 Å². The summed E-state index contributed by atoms with van der Waals surface area (Å²) in [4.78, 5) is 18.5. The Morgan fingerprint density at radius 3 is 2.64 bits per heavy atom. The second-order valence-electron chi connectivity index (χ2n) is 2.41. The summed E-state index contributed by atoms with van der Waals surface area (Å²) in [6.45, 7) is 0. The lowest BCUT2D eigenvalue weighted by Gasteiger charge is -1.85. The second kappa shape index (κ2) is 3.35. The van der Waals surface area contributed by atoms with Gasteiger partial charge in [0.2, 0.25) is 0 Å². The van der Waals surface area contributed by atoms with Gasteiger partial charge in [-0.3, -0.25) is 0 Å². The molecule has 0 bridgehead atoms.